The van der Waals surface area contributed by atoms with Crippen molar-refractivity contribution < 1.29 is 19.0 Å². The maximum Gasteiger partial charge on any atom is 0.128 e. The Morgan fingerprint density at radius 2 is 2.10 bits per heavy atom. The first kappa shape index (κ1) is 13.7. The number of benzene rings is 2. The topological polar surface area (TPSA) is 64.7 Å². The summed E-state index contributed by atoms with van der Waals surface area (Å²) < 4.78 is 24.5. The van der Waals surface area contributed by atoms with Crippen LogP contribution in [0.25, 0.3) is 0 Å². The van der Waals surface area contributed by atoms with Crippen molar-refractivity contribution in [2.45, 2.75) is 18.6 Å². The summed E-state index contributed by atoms with van der Waals surface area (Å²) in [6.45, 7) is 0. The largest absolute Gasteiger partial charge is 0.508 e. The summed E-state index contributed by atoms with van der Waals surface area (Å²) in [5.41, 5.74) is 7.63. The Morgan fingerprint density at radius 1 is 1.29 bits per heavy atom. The number of phenols is 1. The first-order chi connectivity index (χ1) is 10.1. The van der Waals surface area contributed by atoms with Crippen LogP contribution in [0.4, 0.5) is 4.39 Å². The van der Waals surface area contributed by atoms with Gasteiger partial charge in [-0.05, 0) is 23.8 Å². The third kappa shape index (κ3) is 2.64. The summed E-state index contributed by atoms with van der Waals surface area (Å²) in [7, 11) is 1.58. The van der Waals surface area contributed by atoms with E-state index in [1.807, 2.05) is 12.1 Å². The van der Waals surface area contributed by atoms with Gasteiger partial charge < -0.3 is 20.3 Å². The van der Waals surface area contributed by atoms with E-state index in [1.165, 1.54) is 12.1 Å². The lowest BCUT2D eigenvalue weighted by molar-refractivity contribution is 0.160. The molecule has 0 aromatic heterocycles. The van der Waals surface area contributed by atoms with Gasteiger partial charge in [-0.2, -0.15) is 0 Å². The molecule has 0 saturated heterocycles. The number of hydrogen-bond acceptors (Lipinski definition) is 4. The maximum absolute atomic E-state index is 13.4. The summed E-state index contributed by atoms with van der Waals surface area (Å²) >= 11 is 0. The van der Waals surface area contributed by atoms with Crippen LogP contribution in [0.2, 0.25) is 0 Å². The standard InChI is InChI=1S/C16H16FNO3/c1-20-12-2-3-13-14(18)8-15(21-16(13)7-12)9-4-10(17)6-11(19)5-9/h2-7,14-15,19H,8,18H2,1H3/t14-,15?/m0/s1. The number of methoxy groups -OCH3 is 1. The molecule has 21 heavy (non-hydrogen) atoms. The van der Waals surface area contributed by atoms with Gasteiger partial charge >= 0.3 is 0 Å². The zero-order chi connectivity index (χ0) is 15.0. The highest BCUT2D eigenvalue weighted by Crippen LogP contribution is 2.41. The second-order valence-corrected chi connectivity index (χ2v) is 5.10. The minimum absolute atomic E-state index is 0.126. The summed E-state index contributed by atoms with van der Waals surface area (Å²) in [5.74, 6) is 0.669. The monoisotopic (exact) mass is 289 g/mol. The summed E-state index contributed by atoms with van der Waals surface area (Å²) in [5, 5.41) is 9.52. The molecular weight excluding hydrogens is 273 g/mol. The van der Waals surface area contributed by atoms with Gasteiger partial charge in [-0.3, -0.25) is 0 Å². The fourth-order valence-corrected chi connectivity index (χ4v) is 2.60. The number of fused-ring (bicyclic) bond motifs is 1. The fraction of sp³-hybridized carbons (Fsp3) is 0.250. The van der Waals surface area contributed by atoms with Crippen LogP contribution >= 0.6 is 0 Å². The quantitative estimate of drug-likeness (QED) is 0.891. The molecule has 1 aliphatic rings. The van der Waals surface area contributed by atoms with Crippen molar-refractivity contribution in [2.75, 3.05) is 7.11 Å². The lowest BCUT2D eigenvalue weighted by atomic mass is 9.93. The number of hydrogen-bond donors (Lipinski definition) is 2. The van der Waals surface area contributed by atoms with Crippen LogP contribution in [-0.2, 0) is 0 Å². The molecule has 0 aliphatic carbocycles. The van der Waals surface area contributed by atoms with E-state index in [2.05, 4.69) is 0 Å². The molecule has 1 unspecified atom stereocenters. The highest BCUT2D eigenvalue weighted by molar-refractivity contribution is 5.45. The van der Waals surface area contributed by atoms with Gasteiger partial charge in [0.25, 0.3) is 0 Å². The predicted octanol–water partition coefficient (Wildman–Crippen LogP) is 3.06. The summed E-state index contributed by atoms with van der Waals surface area (Å²) in [4.78, 5) is 0. The second-order valence-electron chi connectivity index (χ2n) is 5.10. The molecule has 1 heterocycles. The SMILES string of the molecule is COc1ccc2c(c1)OC(c1cc(O)cc(F)c1)C[C@@H]2N. The molecule has 3 N–H and O–H groups in total. The molecule has 4 nitrogen and oxygen atoms in total. The molecule has 5 heteroatoms. The Morgan fingerprint density at radius 3 is 2.81 bits per heavy atom. The summed E-state index contributed by atoms with van der Waals surface area (Å²) in [6, 6.07) is 9.15. The van der Waals surface area contributed by atoms with Gasteiger partial charge in [-0.1, -0.05) is 6.07 Å². The number of ether oxygens (including phenoxy) is 2. The van der Waals surface area contributed by atoms with Crippen LogP contribution < -0.4 is 15.2 Å². The smallest absolute Gasteiger partial charge is 0.128 e. The van der Waals surface area contributed by atoms with Gasteiger partial charge in [-0.15, -0.1) is 0 Å². The molecule has 2 aromatic carbocycles. The van der Waals surface area contributed by atoms with Crippen molar-refractivity contribution in [3.05, 3.63) is 53.3 Å². The van der Waals surface area contributed by atoms with E-state index < -0.39 is 11.9 Å². The Bertz CT molecular complexity index is 654. The van der Waals surface area contributed by atoms with Crippen LogP contribution in [0, 0.1) is 5.82 Å². The zero-order valence-electron chi connectivity index (χ0n) is 11.5. The van der Waals surface area contributed by atoms with Gasteiger partial charge in [0.15, 0.2) is 0 Å². The molecule has 0 spiro atoms. The van der Waals surface area contributed by atoms with E-state index in [-0.39, 0.29) is 11.8 Å². The van der Waals surface area contributed by atoms with Crippen molar-refractivity contribution >= 4 is 0 Å². The molecule has 0 bridgehead atoms. The molecule has 0 saturated carbocycles. The van der Waals surface area contributed by atoms with Crippen LogP contribution in [0.5, 0.6) is 17.2 Å². The highest BCUT2D eigenvalue weighted by atomic mass is 19.1. The number of halogens is 1. The van der Waals surface area contributed by atoms with Gasteiger partial charge in [0.05, 0.1) is 7.11 Å². The number of nitrogens with two attached hydrogens (primary N) is 1. The number of rotatable bonds is 2. The maximum atomic E-state index is 13.4. The molecular formula is C16H16FNO3. The molecule has 110 valence electrons. The zero-order valence-corrected chi connectivity index (χ0v) is 11.5. The van der Waals surface area contributed by atoms with Crippen LogP contribution in [-0.4, -0.2) is 12.2 Å². The Balaban J connectivity index is 1.96. The lowest BCUT2D eigenvalue weighted by Gasteiger charge is -2.31. The van der Waals surface area contributed by atoms with Crippen molar-refractivity contribution in [1.82, 2.24) is 0 Å². The average molecular weight is 289 g/mol. The van der Waals surface area contributed by atoms with Gasteiger partial charge in [-0.25, -0.2) is 4.39 Å². The normalized spacial score (nSPS) is 20.5. The fourth-order valence-electron chi connectivity index (χ4n) is 2.60. The Kier molecular flexibility index (Phi) is 3.43. The molecule has 2 aromatic rings. The highest BCUT2D eigenvalue weighted by Gasteiger charge is 2.28. The first-order valence-corrected chi connectivity index (χ1v) is 6.66. The summed E-state index contributed by atoms with van der Waals surface area (Å²) in [6.07, 6.45) is 0.114. The molecule has 1 aliphatic heterocycles. The van der Waals surface area contributed by atoms with Crippen molar-refractivity contribution in [3.63, 3.8) is 0 Å². The number of phenolic OH excluding ortho intramolecular Hbond substituents is 1. The van der Waals surface area contributed by atoms with Crippen molar-refractivity contribution in [2.24, 2.45) is 5.73 Å². The molecule has 3 rings (SSSR count). The third-order valence-corrected chi connectivity index (χ3v) is 3.63. The van der Waals surface area contributed by atoms with Gasteiger partial charge in [0.1, 0.15) is 29.2 Å². The van der Waals surface area contributed by atoms with E-state index in [0.717, 1.165) is 11.6 Å². The number of aromatic hydroxyl groups is 1. The van der Waals surface area contributed by atoms with Crippen molar-refractivity contribution in [3.8, 4) is 17.2 Å². The minimum atomic E-state index is -0.501. The molecule has 0 radical (unpaired) electrons. The Labute approximate surface area is 121 Å². The van der Waals surface area contributed by atoms with E-state index in [4.69, 9.17) is 15.2 Å². The molecule has 2 atom stereocenters. The molecule has 0 amide bonds. The minimum Gasteiger partial charge on any atom is -0.508 e. The first-order valence-electron chi connectivity index (χ1n) is 6.66. The second kappa shape index (κ2) is 5.26. The third-order valence-electron chi connectivity index (χ3n) is 3.63. The van der Waals surface area contributed by atoms with E-state index in [1.54, 1.807) is 13.2 Å². The van der Waals surface area contributed by atoms with E-state index >= 15 is 0 Å². The predicted molar refractivity (Wildman–Crippen MR) is 76.0 cm³/mol. The average Bonchev–Trinajstić information content (AvgIpc) is 2.45. The van der Waals surface area contributed by atoms with Crippen molar-refractivity contribution in [1.29, 1.82) is 0 Å². The Hall–Kier alpha value is -2.27. The van der Waals surface area contributed by atoms with E-state index in [0.29, 0.717) is 23.5 Å². The van der Waals surface area contributed by atoms with Crippen LogP contribution in [0.3, 0.4) is 0 Å². The van der Waals surface area contributed by atoms with Crippen LogP contribution in [0.15, 0.2) is 36.4 Å². The molecule has 0 fully saturated rings. The van der Waals surface area contributed by atoms with Gasteiger partial charge in [0.2, 0.25) is 0 Å². The van der Waals surface area contributed by atoms with E-state index in [9.17, 15) is 9.50 Å². The van der Waals surface area contributed by atoms with Gasteiger partial charge in [0, 0.05) is 30.2 Å². The lowest BCUT2D eigenvalue weighted by Crippen LogP contribution is -2.24. The van der Waals surface area contributed by atoms with Crippen LogP contribution in [0.1, 0.15) is 29.7 Å².